The van der Waals surface area contributed by atoms with Gasteiger partial charge in [0.05, 0.1) is 6.33 Å². The van der Waals surface area contributed by atoms with Gasteiger partial charge in [0.2, 0.25) is 0 Å². The summed E-state index contributed by atoms with van der Waals surface area (Å²) in [5.41, 5.74) is 5.76. The zero-order valence-electron chi connectivity index (χ0n) is 10.0. The molecular weight excluding hydrogens is 200 g/mol. The van der Waals surface area contributed by atoms with E-state index in [1.165, 1.54) is 12.8 Å². The molecule has 1 fully saturated rings. The minimum Gasteiger partial charge on any atom is -0.336 e. The van der Waals surface area contributed by atoms with Gasteiger partial charge in [0.25, 0.3) is 0 Å². The highest BCUT2D eigenvalue weighted by Gasteiger charge is 2.23. The van der Waals surface area contributed by atoms with Crippen LogP contribution < -0.4 is 5.73 Å². The van der Waals surface area contributed by atoms with Gasteiger partial charge in [-0.1, -0.05) is 0 Å². The third-order valence-corrected chi connectivity index (χ3v) is 3.65. The molecule has 0 saturated carbocycles. The number of nitrogens with zero attached hydrogens (tertiary/aromatic N) is 3. The summed E-state index contributed by atoms with van der Waals surface area (Å²) in [7, 11) is 0. The summed E-state index contributed by atoms with van der Waals surface area (Å²) in [6, 6.07) is 0.700. The molecule has 0 spiro atoms. The van der Waals surface area contributed by atoms with Crippen molar-refractivity contribution in [1.82, 2.24) is 14.5 Å². The lowest BCUT2D eigenvalue weighted by molar-refractivity contribution is 0.116. The smallest absolute Gasteiger partial charge is 0.0946 e. The summed E-state index contributed by atoms with van der Waals surface area (Å²) in [6.07, 6.45) is 8.32. The van der Waals surface area contributed by atoms with Crippen LogP contribution in [0.1, 0.15) is 19.8 Å². The molecule has 1 aromatic heterocycles. The van der Waals surface area contributed by atoms with E-state index in [-0.39, 0.29) is 0 Å². The van der Waals surface area contributed by atoms with Crippen LogP contribution in [-0.4, -0.2) is 40.1 Å². The van der Waals surface area contributed by atoms with E-state index in [1.54, 1.807) is 0 Å². The molecule has 2 rings (SSSR count). The average Bonchev–Trinajstić information content (AvgIpc) is 2.81. The molecule has 2 atom stereocenters. The molecule has 2 heterocycles. The number of likely N-dealkylation sites (tertiary alicyclic amines) is 1. The molecule has 4 nitrogen and oxygen atoms in total. The third kappa shape index (κ3) is 2.83. The molecule has 2 N–H and O–H groups in total. The summed E-state index contributed by atoms with van der Waals surface area (Å²) >= 11 is 0. The standard InChI is InChI=1S/C12H22N4/c1-11-2-3-12(8-13)9-16(11)7-6-15-5-4-14-10-15/h4-5,10-12H,2-3,6-9,13H2,1H3. The highest BCUT2D eigenvalue weighted by molar-refractivity contribution is 4.80. The topological polar surface area (TPSA) is 47.1 Å². The van der Waals surface area contributed by atoms with Gasteiger partial charge in [-0.05, 0) is 32.2 Å². The molecule has 1 aliphatic rings. The van der Waals surface area contributed by atoms with Crippen LogP contribution >= 0.6 is 0 Å². The minimum atomic E-state index is 0.694. The van der Waals surface area contributed by atoms with Crippen molar-refractivity contribution in [1.29, 1.82) is 0 Å². The predicted octanol–water partition coefficient (Wildman–Crippen LogP) is 0.942. The van der Waals surface area contributed by atoms with Gasteiger partial charge in [-0.25, -0.2) is 4.98 Å². The summed E-state index contributed by atoms with van der Waals surface area (Å²) in [4.78, 5) is 6.62. The zero-order chi connectivity index (χ0) is 11.4. The van der Waals surface area contributed by atoms with Crippen molar-refractivity contribution in [3.63, 3.8) is 0 Å². The molecular formula is C12H22N4. The van der Waals surface area contributed by atoms with Crippen LogP contribution in [0, 0.1) is 5.92 Å². The highest BCUT2D eigenvalue weighted by Crippen LogP contribution is 2.20. The Morgan fingerprint density at radius 2 is 2.25 bits per heavy atom. The number of aromatic nitrogens is 2. The highest BCUT2D eigenvalue weighted by atomic mass is 15.2. The van der Waals surface area contributed by atoms with Crippen molar-refractivity contribution >= 4 is 0 Å². The van der Waals surface area contributed by atoms with Gasteiger partial charge in [0, 0.05) is 38.1 Å². The Morgan fingerprint density at radius 3 is 2.94 bits per heavy atom. The lowest BCUT2D eigenvalue weighted by Crippen LogP contribution is -2.45. The largest absolute Gasteiger partial charge is 0.336 e. The molecule has 4 heteroatoms. The monoisotopic (exact) mass is 222 g/mol. The minimum absolute atomic E-state index is 0.694. The second kappa shape index (κ2) is 5.46. The Balaban J connectivity index is 1.82. The second-order valence-corrected chi connectivity index (χ2v) is 4.82. The van der Waals surface area contributed by atoms with Gasteiger partial charge >= 0.3 is 0 Å². The first kappa shape index (κ1) is 11.6. The summed E-state index contributed by atoms with van der Waals surface area (Å²) < 4.78 is 2.14. The molecule has 0 aromatic carbocycles. The van der Waals surface area contributed by atoms with Crippen LogP contribution in [0.2, 0.25) is 0 Å². The van der Waals surface area contributed by atoms with Crippen LogP contribution in [0.25, 0.3) is 0 Å². The predicted molar refractivity (Wildman–Crippen MR) is 65.0 cm³/mol. The van der Waals surface area contributed by atoms with Gasteiger partial charge < -0.3 is 10.3 Å². The van der Waals surface area contributed by atoms with Gasteiger partial charge in [-0.2, -0.15) is 0 Å². The Labute approximate surface area is 97.4 Å². The molecule has 90 valence electrons. The maximum atomic E-state index is 5.76. The number of hydrogen-bond acceptors (Lipinski definition) is 3. The van der Waals surface area contributed by atoms with Crippen LogP contribution in [0.3, 0.4) is 0 Å². The maximum absolute atomic E-state index is 5.76. The van der Waals surface area contributed by atoms with E-state index >= 15 is 0 Å². The van der Waals surface area contributed by atoms with Crippen molar-refractivity contribution < 1.29 is 0 Å². The molecule has 1 saturated heterocycles. The van der Waals surface area contributed by atoms with E-state index in [9.17, 15) is 0 Å². The van der Waals surface area contributed by atoms with Crippen LogP contribution in [0.4, 0.5) is 0 Å². The van der Waals surface area contributed by atoms with Crippen LogP contribution in [0.15, 0.2) is 18.7 Å². The number of hydrogen-bond donors (Lipinski definition) is 1. The fraction of sp³-hybridized carbons (Fsp3) is 0.750. The lowest BCUT2D eigenvalue weighted by atomic mass is 9.93. The summed E-state index contributed by atoms with van der Waals surface area (Å²) in [5, 5.41) is 0. The fourth-order valence-electron chi connectivity index (χ4n) is 2.43. The van der Waals surface area contributed by atoms with E-state index in [0.717, 1.165) is 26.2 Å². The van der Waals surface area contributed by atoms with Crippen molar-refractivity contribution in [2.45, 2.75) is 32.4 Å². The molecule has 0 bridgehead atoms. The Kier molecular flexibility index (Phi) is 3.96. The van der Waals surface area contributed by atoms with Crippen LogP contribution in [0.5, 0.6) is 0 Å². The van der Waals surface area contributed by atoms with E-state index in [2.05, 4.69) is 21.4 Å². The Hall–Kier alpha value is -0.870. The van der Waals surface area contributed by atoms with Crippen molar-refractivity contribution in [3.05, 3.63) is 18.7 Å². The molecule has 1 aliphatic heterocycles. The maximum Gasteiger partial charge on any atom is 0.0946 e. The average molecular weight is 222 g/mol. The zero-order valence-corrected chi connectivity index (χ0v) is 10.0. The van der Waals surface area contributed by atoms with Gasteiger partial charge in [-0.15, -0.1) is 0 Å². The van der Waals surface area contributed by atoms with Crippen molar-refractivity contribution in [2.75, 3.05) is 19.6 Å². The lowest BCUT2D eigenvalue weighted by Gasteiger charge is -2.37. The molecule has 16 heavy (non-hydrogen) atoms. The van der Waals surface area contributed by atoms with Crippen molar-refractivity contribution in [3.8, 4) is 0 Å². The fourth-order valence-corrected chi connectivity index (χ4v) is 2.43. The van der Waals surface area contributed by atoms with E-state index in [0.29, 0.717) is 12.0 Å². The number of piperidine rings is 1. The first-order chi connectivity index (χ1) is 7.79. The summed E-state index contributed by atoms with van der Waals surface area (Å²) in [5.74, 6) is 0.694. The van der Waals surface area contributed by atoms with Crippen LogP contribution in [-0.2, 0) is 6.54 Å². The molecule has 1 aromatic rings. The summed E-state index contributed by atoms with van der Waals surface area (Å²) in [6.45, 7) is 6.44. The SMILES string of the molecule is CC1CCC(CN)CN1CCn1ccnc1. The Morgan fingerprint density at radius 1 is 1.38 bits per heavy atom. The van der Waals surface area contributed by atoms with Gasteiger partial charge in [0.1, 0.15) is 0 Å². The molecule has 0 radical (unpaired) electrons. The van der Waals surface area contributed by atoms with Gasteiger partial charge in [-0.3, -0.25) is 4.90 Å². The molecule has 0 aliphatic carbocycles. The number of nitrogens with two attached hydrogens (primary N) is 1. The third-order valence-electron chi connectivity index (χ3n) is 3.65. The van der Waals surface area contributed by atoms with E-state index in [4.69, 9.17) is 5.73 Å². The normalized spacial score (nSPS) is 27.1. The van der Waals surface area contributed by atoms with Crippen molar-refractivity contribution in [2.24, 2.45) is 11.7 Å². The first-order valence-electron chi connectivity index (χ1n) is 6.19. The second-order valence-electron chi connectivity index (χ2n) is 4.82. The molecule has 2 unspecified atom stereocenters. The first-order valence-corrected chi connectivity index (χ1v) is 6.19. The van der Waals surface area contributed by atoms with Gasteiger partial charge in [0.15, 0.2) is 0 Å². The van der Waals surface area contributed by atoms with E-state index in [1.807, 2.05) is 18.7 Å². The van der Waals surface area contributed by atoms with E-state index < -0.39 is 0 Å². The Bertz CT molecular complexity index is 296. The number of imidazole rings is 1. The number of rotatable bonds is 4. The molecule has 0 amide bonds. The quantitative estimate of drug-likeness (QED) is 0.825.